The summed E-state index contributed by atoms with van der Waals surface area (Å²) in [5, 5.41) is 12.7. The Labute approximate surface area is 177 Å². The minimum Gasteiger partial charge on any atom is -0.469 e. The summed E-state index contributed by atoms with van der Waals surface area (Å²) in [5.74, 6) is 1.54. The van der Waals surface area contributed by atoms with Crippen LogP contribution < -0.4 is 5.32 Å². The van der Waals surface area contributed by atoms with Gasteiger partial charge in [0.15, 0.2) is 11.0 Å². The molecule has 0 spiro atoms. The van der Waals surface area contributed by atoms with Crippen LogP contribution in [0.25, 0.3) is 11.4 Å². The summed E-state index contributed by atoms with van der Waals surface area (Å²) >= 11 is 7.45. The number of halogens is 1. The fourth-order valence-electron chi connectivity index (χ4n) is 3.25. The third-order valence-electron chi connectivity index (χ3n) is 4.71. The molecule has 0 saturated carbocycles. The number of amides is 1. The molecular weight excluding hydrogens is 412 g/mol. The monoisotopic (exact) mass is 432 g/mol. The number of para-hydroxylation sites is 1. The first-order valence-corrected chi connectivity index (χ1v) is 10.7. The van der Waals surface area contributed by atoms with Crippen LogP contribution in [0.5, 0.6) is 0 Å². The molecule has 7 nitrogen and oxygen atoms in total. The minimum atomic E-state index is -0.157. The maximum atomic E-state index is 12.4. The van der Waals surface area contributed by atoms with Gasteiger partial charge in [-0.1, -0.05) is 35.5 Å². The van der Waals surface area contributed by atoms with Gasteiger partial charge >= 0.3 is 0 Å². The normalized spacial score (nSPS) is 16.3. The number of aryl methyl sites for hydroxylation is 1. The fourth-order valence-corrected chi connectivity index (χ4v) is 4.18. The number of aromatic nitrogens is 3. The number of ether oxygens (including phenoxy) is 1. The molecule has 1 saturated heterocycles. The van der Waals surface area contributed by atoms with Crippen molar-refractivity contribution in [3.05, 3.63) is 47.4 Å². The summed E-state index contributed by atoms with van der Waals surface area (Å²) in [6.45, 7) is 3.31. The van der Waals surface area contributed by atoms with E-state index in [2.05, 4.69) is 15.5 Å². The minimum absolute atomic E-state index is 0.119. The zero-order chi connectivity index (χ0) is 20.2. The number of nitrogens with zero attached hydrogens (tertiary/aromatic N) is 3. The number of nitrogens with one attached hydrogen (secondary N) is 1. The van der Waals surface area contributed by atoms with Crippen molar-refractivity contribution in [2.24, 2.45) is 0 Å². The van der Waals surface area contributed by atoms with Crippen molar-refractivity contribution < 1.29 is 13.9 Å². The number of furan rings is 1. The highest BCUT2D eigenvalue weighted by Crippen LogP contribution is 2.29. The third-order valence-corrected chi connectivity index (χ3v) is 6.00. The first kappa shape index (κ1) is 20.0. The molecule has 1 aromatic carbocycles. The van der Waals surface area contributed by atoms with Crippen molar-refractivity contribution in [2.45, 2.75) is 37.6 Å². The average Bonchev–Trinajstić information content (AvgIpc) is 3.44. The lowest BCUT2D eigenvalue weighted by Crippen LogP contribution is -2.18. The summed E-state index contributed by atoms with van der Waals surface area (Å²) in [6, 6.07) is 9.03. The van der Waals surface area contributed by atoms with Gasteiger partial charge in [0.1, 0.15) is 5.76 Å². The van der Waals surface area contributed by atoms with Crippen LogP contribution in [-0.4, -0.2) is 39.1 Å². The van der Waals surface area contributed by atoms with E-state index in [1.54, 1.807) is 18.4 Å². The largest absolute Gasteiger partial charge is 0.469 e. The number of thioether (sulfide) groups is 1. The van der Waals surface area contributed by atoms with Crippen LogP contribution in [0.15, 0.2) is 46.2 Å². The maximum absolute atomic E-state index is 12.4. The van der Waals surface area contributed by atoms with Gasteiger partial charge in [-0.3, -0.25) is 9.36 Å². The lowest BCUT2D eigenvalue weighted by Gasteiger charge is -2.14. The van der Waals surface area contributed by atoms with Gasteiger partial charge in [-0.05, 0) is 38.0 Å². The van der Waals surface area contributed by atoms with Crippen LogP contribution in [-0.2, 0) is 16.1 Å². The molecule has 1 unspecified atom stereocenters. The number of carbonyl (C=O) groups excluding carboxylic acids is 1. The number of benzene rings is 1. The second-order valence-corrected chi connectivity index (χ2v) is 8.11. The Morgan fingerprint density at radius 2 is 2.21 bits per heavy atom. The maximum Gasteiger partial charge on any atom is 0.234 e. The molecule has 0 aliphatic carbocycles. The molecular formula is C20H21ClN4O3S. The van der Waals surface area contributed by atoms with Crippen LogP contribution in [0, 0.1) is 6.92 Å². The number of carbonyl (C=O) groups is 1. The van der Waals surface area contributed by atoms with Gasteiger partial charge in [0, 0.05) is 6.61 Å². The Bertz CT molecular complexity index is 997. The molecule has 1 aliphatic heterocycles. The van der Waals surface area contributed by atoms with Gasteiger partial charge in [-0.15, -0.1) is 10.2 Å². The summed E-state index contributed by atoms with van der Waals surface area (Å²) in [6.07, 6.45) is 3.81. The van der Waals surface area contributed by atoms with E-state index in [0.717, 1.165) is 36.6 Å². The van der Waals surface area contributed by atoms with E-state index in [1.165, 1.54) is 11.8 Å². The van der Waals surface area contributed by atoms with Crippen molar-refractivity contribution >= 4 is 35.0 Å². The molecule has 1 atom stereocenters. The quantitative estimate of drug-likeness (QED) is 0.557. The van der Waals surface area contributed by atoms with E-state index in [0.29, 0.717) is 22.4 Å². The van der Waals surface area contributed by atoms with Gasteiger partial charge in [0.05, 0.1) is 40.9 Å². The molecule has 4 rings (SSSR count). The SMILES string of the molecule is Cc1occc1-c1nnc(SCC(=O)Nc2ccccc2Cl)n1CC1CCCO1. The van der Waals surface area contributed by atoms with Crippen molar-refractivity contribution in [3.8, 4) is 11.4 Å². The highest BCUT2D eigenvalue weighted by atomic mass is 35.5. The number of hydrogen-bond acceptors (Lipinski definition) is 6. The van der Waals surface area contributed by atoms with Crippen LogP contribution in [0.2, 0.25) is 5.02 Å². The predicted molar refractivity (Wildman–Crippen MR) is 112 cm³/mol. The van der Waals surface area contributed by atoms with Crippen LogP contribution >= 0.6 is 23.4 Å². The molecule has 3 heterocycles. The first-order valence-electron chi connectivity index (χ1n) is 9.38. The summed E-state index contributed by atoms with van der Waals surface area (Å²) in [4.78, 5) is 12.4. The Balaban J connectivity index is 1.50. The number of anilines is 1. The fraction of sp³-hybridized carbons (Fsp3) is 0.350. The first-order chi connectivity index (χ1) is 14.1. The number of hydrogen-bond donors (Lipinski definition) is 1. The Morgan fingerprint density at radius 3 is 2.93 bits per heavy atom. The molecule has 2 aromatic heterocycles. The van der Waals surface area contributed by atoms with Crippen molar-refractivity contribution in [3.63, 3.8) is 0 Å². The summed E-state index contributed by atoms with van der Waals surface area (Å²) < 4.78 is 13.2. The van der Waals surface area contributed by atoms with E-state index in [-0.39, 0.29) is 17.8 Å². The highest BCUT2D eigenvalue weighted by molar-refractivity contribution is 7.99. The third kappa shape index (κ3) is 4.66. The molecule has 1 amide bonds. The second-order valence-electron chi connectivity index (χ2n) is 6.76. The van der Waals surface area contributed by atoms with E-state index in [1.807, 2.05) is 29.7 Å². The Kier molecular flexibility index (Phi) is 6.22. The zero-order valence-electron chi connectivity index (χ0n) is 15.9. The van der Waals surface area contributed by atoms with Crippen molar-refractivity contribution in [1.29, 1.82) is 0 Å². The molecule has 1 fully saturated rings. The topological polar surface area (TPSA) is 82.2 Å². The second kappa shape index (κ2) is 9.02. The van der Waals surface area contributed by atoms with Crippen LogP contribution in [0.3, 0.4) is 0 Å². The standard InChI is InChI=1S/C20H21ClN4O3S/c1-13-15(8-10-27-13)19-23-24-20(25(19)11-14-5-4-9-28-14)29-12-18(26)22-17-7-3-2-6-16(17)21/h2-3,6-8,10,14H,4-5,9,11-12H2,1H3,(H,22,26). The molecule has 1 aliphatic rings. The molecule has 3 aromatic rings. The van der Waals surface area contributed by atoms with E-state index < -0.39 is 0 Å². The van der Waals surface area contributed by atoms with E-state index in [9.17, 15) is 4.79 Å². The molecule has 0 radical (unpaired) electrons. The van der Waals surface area contributed by atoms with E-state index in [4.69, 9.17) is 20.8 Å². The summed E-state index contributed by atoms with van der Waals surface area (Å²) in [5.41, 5.74) is 1.48. The van der Waals surface area contributed by atoms with Crippen LogP contribution in [0.1, 0.15) is 18.6 Å². The van der Waals surface area contributed by atoms with Gasteiger partial charge in [0.2, 0.25) is 5.91 Å². The van der Waals surface area contributed by atoms with Gasteiger partial charge in [0.25, 0.3) is 0 Å². The lowest BCUT2D eigenvalue weighted by molar-refractivity contribution is -0.113. The highest BCUT2D eigenvalue weighted by Gasteiger charge is 2.23. The van der Waals surface area contributed by atoms with Gasteiger partial charge in [-0.25, -0.2) is 0 Å². The van der Waals surface area contributed by atoms with Gasteiger partial charge in [-0.2, -0.15) is 0 Å². The Hall–Kier alpha value is -2.29. The summed E-state index contributed by atoms with van der Waals surface area (Å²) in [7, 11) is 0. The zero-order valence-corrected chi connectivity index (χ0v) is 17.5. The van der Waals surface area contributed by atoms with E-state index >= 15 is 0 Å². The van der Waals surface area contributed by atoms with Crippen molar-refractivity contribution in [2.75, 3.05) is 17.7 Å². The predicted octanol–water partition coefficient (Wildman–Crippen LogP) is 4.41. The molecule has 29 heavy (non-hydrogen) atoms. The molecule has 0 bridgehead atoms. The molecule has 152 valence electrons. The smallest absolute Gasteiger partial charge is 0.234 e. The molecule has 9 heteroatoms. The number of rotatable bonds is 7. The van der Waals surface area contributed by atoms with Gasteiger partial charge < -0.3 is 14.5 Å². The lowest BCUT2D eigenvalue weighted by atomic mass is 10.2. The molecule has 1 N–H and O–H groups in total. The Morgan fingerprint density at radius 1 is 1.34 bits per heavy atom. The van der Waals surface area contributed by atoms with Crippen molar-refractivity contribution in [1.82, 2.24) is 14.8 Å². The average molecular weight is 433 g/mol. The van der Waals surface area contributed by atoms with Crippen LogP contribution in [0.4, 0.5) is 5.69 Å².